The molecule has 2 N–H and O–H groups in total. The van der Waals surface area contributed by atoms with Crippen LogP contribution >= 0.6 is 12.6 Å². The lowest BCUT2D eigenvalue weighted by atomic mass is 10.1. The highest BCUT2D eigenvalue weighted by molar-refractivity contribution is 7.81. The number of aromatic nitrogens is 4. The highest BCUT2D eigenvalue weighted by Gasteiger charge is 2.18. The van der Waals surface area contributed by atoms with E-state index in [0.717, 1.165) is 29.5 Å². The van der Waals surface area contributed by atoms with Gasteiger partial charge in [0.15, 0.2) is 0 Å². The van der Waals surface area contributed by atoms with Gasteiger partial charge in [-0.25, -0.2) is 9.97 Å². The molecule has 4 heterocycles. The summed E-state index contributed by atoms with van der Waals surface area (Å²) in [6.45, 7) is 2.18. The Balaban J connectivity index is 0.000000274. The van der Waals surface area contributed by atoms with Crippen molar-refractivity contribution in [3.8, 4) is 0 Å². The molecule has 6 heteroatoms. The summed E-state index contributed by atoms with van der Waals surface area (Å²) in [6, 6.07) is 2.64. The molecule has 5 nitrogen and oxygen atoms in total. The van der Waals surface area contributed by atoms with E-state index in [1.807, 2.05) is 18.7 Å². The molecule has 1 saturated heterocycles. The Morgan fingerprint density at radius 1 is 1.14 bits per heavy atom. The number of piperidine rings is 1. The van der Waals surface area contributed by atoms with Crippen molar-refractivity contribution in [3.63, 3.8) is 0 Å². The summed E-state index contributed by atoms with van der Waals surface area (Å²) < 4.78 is 2.33. The first-order valence-electron chi connectivity index (χ1n) is 8.00. The van der Waals surface area contributed by atoms with Crippen molar-refractivity contribution in [1.29, 1.82) is 0 Å². The Labute approximate surface area is 134 Å². The molecule has 5 rings (SSSR count). The molecule has 0 spiro atoms. The highest BCUT2D eigenvalue weighted by Crippen LogP contribution is 2.28. The minimum atomic E-state index is 0.553. The van der Waals surface area contributed by atoms with Crippen LogP contribution in [0.4, 0.5) is 0 Å². The summed E-state index contributed by atoms with van der Waals surface area (Å²) >= 11 is 4.08. The highest BCUT2D eigenvalue weighted by atomic mass is 32.1. The van der Waals surface area contributed by atoms with Gasteiger partial charge < -0.3 is 14.9 Å². The molecule has 3 aromatic rings. The molecule has 116 valence electrons. The summed E-state index contributed by atoms with van der Waals surface area (Å²) in [6.07, 6.45) is 10.8. The van der Waals surface area contributed by atoms with Crippen LogP contribution < -0.4 is 5.32 Å². The second-order valence-corrected chi connectivity index (χ2v) is 6.83. The zero-order valence-electron chi connectivity index (χ0n) is 12.5. The summed E-state index contributed by atoms with van der Waals surface area (Å²) in [5.41, 5.74) is 3.15. The lowest BCUT2D eigenvalue weighted by Gasteiger charge is -2.24. The largest absolute Gasteiger partial charge is 0.346 e. The molecule has 0 atom stereocenters. The fourth-order valence-electron chi connectivity index (χ4n) is 2.97. The normalized spacial score (nSPS) is 19.3. The number of pyridine rings is 1. The van der Waals surface area contributed by atoms with Crippen LogP contribution in [0.2, 0.25) is 0 Å². The standard InChI is InChI=1S/C13H15N5.C3H6S/c1-4-14-5-2-9(1)18-8-17-11-7-16-13-10(12(11)18)3-6-15-13;4-3-1-2-3/h3,6-9,14H,1-2,4-5H2,(H,15,16);3-4H,1-2H2. The van der Waals surface area contributed by atoms with Gasteiger partial charge in [-0.05, 0) is 44.8 Å². The van der Waals surface area contributed by atoms with Gasteiger partial charge in [0, 0.05) is 22.9 Å². The van der Waals surface area contributed by atoms with Crippen molar-refractivity contribution in [2.24, 2.45) is 0 Å². The number of hydrogen-bond donors (Lipinski definition) is 3. The van der Waals surface area contributed by atoms with Crippen LogP contribution in [0, 0.1) is 0 Å². The molecular weight excluding hydrogens is 294 g/mol. The predicted octanol–water partition coefficient (Wildman–Crippen LogP) is 2.92. The molecule has 2 fully saturated rings. The molecule has 0 bridgehead atoms. The van der Waals surface area contributed by atoms with E-state index in [1.165, 1.54) is 36.6 Å². The minimum absolute atomic E-state index is 0.553. The average molecular weight is 315 g/mol. The Hall–Kier alpha value is -1.53. The Morgan fingerprint density at radius 3 is 2.64 bits per heavy atom. The molecule has 1 aliphatic heterocycles. The maximum absolute atomic E-state index is 4.49. The van der Waals surface area contributed by atoms with Gasteiger partial charge in [-0.3, -0.25) is 0 Å². The topological polar surface area (TPSA) is 58.5 Å². The van der Waals surface area contributed by atoms with E-state index in [1.54, 1.807) is 0 Å². The van der Waals surface area contributed by atoms with Crippen LogP contribution in [0.1, 0.15) is 31.7 Å². The van der Waals surface area contributed by atoms with Gasteiger partial charge in [-0.2, -0.15) is 12.6 Å². The average Bonchev–Trinajstić information content (AvgIpc) is 3.06. The quantitative estimate of drug-likeness (QED) is 0.605. The zero-order chi connectivity index (χ0) is 14.9. The van der Waals surface area contributed by atoms with E-state index in [4.69, 9.17) is 0 Å². The number of thiol groups is 1. The van der Waals surface area contributed by atoms with E-state index in [2.05, 4.69) is 43.5 Å². The van der Waals surface area contributed by atoms with Gasteiger partial charge in [0.1, 0.15) is 11.2 Å². The van der Waals surface area contributed by atoms with Crippen molar-refractivity contribution in [1.82, 2.24) is 24.8 Å². The van der Waals surface area contributed by atoms with Crippen LogP contribution in [0.3, 0.4) is 0 Å². The van der Waals surface area contributed by atoms with Gasteiger partial charge in [0.25, 0.3) is 0 Å². The third-order valence-corrected chi connectivity index (χ3v) is 4.88. The number of aromatic amines is 1. The first-order chi connectivity index (χ1) is 10.8. The summed E-state index contributed by atoms with van der Waals surface area (Å²) in [5.74, 6) is 0. The van der Waals surface area contributed by atoms with Crippen LogP contribution in [0.15, 0.2) is 24.8 Å². The fourth-order valence-corrected chi connectivity index (χ4v) is 3.12. The number of rotatable bonds is 1. The van der Waals surface area contributed by atoms with Crippen molar-refractivity contribution < 1.29 is 0 Å². The molecule has 2 aliphatic rings. The number of hydrogen-bond acceptors (Lipinski definition) is 4. The fraction of sp³-hybridized carbons (Fsp3) is 0.500. The molecule has 0 radical (unpaired) electrons. The molecule has 1 saturated carbocycles. The molecule has 22 heavy (non-hydrogen) atoms. The number of nitrogens with zero attached hydrogens (tertiary/aromatic N) is 3. The summed E-state index contributed by atoms with van der Waals surface area (Å²) in [5, 5.41) is 5.35. The predicted molar refractivity (Wildman–Crippen MR) is 92.5 cm³/mol. The molecule has 3 aromatic heterocycles. The van der Waals surface area contributed by atoms with Crippen LogP contribution in [-0.4, -0.2) is 37.9 Å². The maximum Gasteiger partial charge on any atom is 0.139 e. The number of nitrogens with one attached hydrogen (secondary N) is 2. The van der Waals surface area contributed by atoms with E-state index in [-0.39, 0.29) is 0 Å². The number of imidazole rings is 1. The molecule has 0 amide bonds. The van der Waals surface area contributed by atoms with Crippen LogP contribution in [-0.2, 0) is 0 Å². The second-order valence-electron chi connectivity index (χ2n) is 6.10. The lowest BCUT2D eigenvalue weighted by Crippen LogP contribution is -2.29. The van der Waals surface area contributed by atoms with E-state index >= 15 is 0 Å². The van der Waals surface area contributed by atoms with Gasteiger partial charge in [0.05, 0.1) is 18.0 Å². The molecule has 1 aliphatic carbocycles. The minimum Gasteiger partial charge on any atom is -0.346 e. The monoisotopic (exact) mass is 315 g/mol. The lowest BCUT2D eigenvalue weighted by molar-refractivity contribution is 0.375. The van der Waals surface area contributed by atoms with Crippen LogP contribution in [0.5, 0.6) is 0 Å². The van der Waals surface area contributed by atoms with Crippen LogP contribution in [0.25, 0.3) is 22.1 Å². The Morgan fingerprint density at radius 2 is 1.91 bits per heavy atom. The smallest absolute Gasteiger partial charge is 0.139 e. The zero-order valence-corrected chi connectivity index (χ0v) is 13.4. The third kappa shape index (κ3) is 2.73. The number of fused-ring (bicyclic) bond motifs is 3. The van der Waals surface area contributed by atoms with Crippen molar-refractivity contribution in [2.75, 3.05) is 13.1 Å². The number of H-pyrrole nitrogens is 1. The SMILES string of the molecule is SC1CC1.c1cc2c(ncc3ncn(C4CCNCC4)c32)[nH]1. The second kappa shape index (κ2) is 5.93. The first kappa shape index (κ1) is 14.1. The van der Waals surface area contributed by atoms with Crippen molar-refractivity contribution in [2.45, 2.75) is 37.0 Å². The molecular formula is C16H21N5S. The first-order valence-corrected chi connectivity index (χ1v) is 8.52. The van der Waals surface area contributed by atoms with E-state index in [0.29, 0.717) is 6.04 Å². The Bertz CT molecular complexity index is 767. The van der Waals surface area contributed by atoms with E-state index in [9.17, 15) is 0 Å². The third-order valence-electron chi connectivity index (χ3n) is 4.37. The maximum atomic E-state index is 4.49. The van der Waals surface area contributed by atoms with Gasteiger partial charge >= 0.3 is 0 Å². The summed E-state index contributed by atoms with van der Waals surface area (Å²) in [4.78, 5) is 12.0. The van der Waals surface area contributed by atoms with Gasteiger partial charge in [0.2, 0.25) is 0 Å². The van der Waals surface area contributed by atoms with E-state index < -0.39 is 0 Å². The van der Waals surface area contributed by atoms with Gasteiger partial charge in [-0.15, -0.1) is 0 Å². The van der Waals surface area contributed by atoms with Gasteiger partial charge in [-0.1, -0.05) is 0 Å². The van der Waals surface area contributed by atoms with Crippen molar-refractivity contribution in [3.05, 3.63) is 24.8 Å². The Kier molecular flexibility index (Phi) is 3.80. The molecule has 0 unspecified atom stereocenters. The molecule has 0 aromatic carbocycles. The van der Waals surface area contributed by atoms with Crippen molar-refractivity contribution >= 4 is 34.7 Å². The summed E-state index contributed by atoms with van der Waals surface area (Å²) in [7, 11) is 0.